The maximum Gasteiger partial charge on any atom is 0.251 e. The SMILES string of the molecule is O=C(NCC1CCCCC1CBr)c1ccc(Cl)c(Br)c1. The van der Waals surface area contributed by atoms with Gasteiger partial charge in [0, 0.05) is 21.9 Å². The van der Waals surface area contributed by atoms with Crippen LogP contribution in [0.3, 0.4) is 0 Å². The highest BCUT2D eigenvalue weighted by Gasteiger charge is 2.24. The lowest BCUT2D eigenvalue weighted by Gasteiger charge is -2.30. The number of rotatable bonds is 4. The van der Waals surface area contributed by atoms with Gasteiger partial charge < -0.3 is 5.32 Å². The standard InChI is InChI=1S/C15H18Br2ClNO/c16-8-11-3-1-2-4-12(11)9-19-15(20)10-5-6-14(18)13(17)7-10/h5-7,11-12H,1-4,8-9H2,(H,19,20). The minimum absolute atomic E-state index is 0.0266. The molecule has 1 aromatic rings. The van der Waals surface area contributed by atoms with Gasteiger partial charge in [-0.25, -0.2) is 0 Å². The topological polar surface area (TPSA) is 29.1 Å². The average molecular weight is 424 g/mol. The fraction of sp³-hybridized carbons (Fsp3) is 0.533. The Kier molecular flexibility index (Phi) is 6.37. The monoisotopic (exact) mass is 421 g/mol. The summed E-state index contributed by atoms with van der Waals surface area (Å²) in [5.74, 6) is 1.24. The van der Waals surface area contributed by atoms with E-state index >= 15 is 0 Å². The maximum atomic E-state index is 12.2. The molecule has 110 valence electrons. The molecule has 0 spiro atoms. The van der Waals surface area contributed by atoms with Crippen molar-refractivity contribution in [2.45, 2.75) is 25.7 Å². The molecule has 2 nitrogen and oxygen atoms in total. The van der Waals surface area contributed by atoms with Crippen LogP contribution < -0.4 is 5.32 Å². The molecule has 0 radical (unpaired) electrons. The Balaban J connectivity index is 1.92. The van der Waals surface area contributed by atoms with Gasteiger partial charge in [0.15, 0.2) is 0 Å². The Bertz CT molecular complexity index is 481. The summed E-state index contributed by atoms with van der Waals surface area (Å²) in [4.78, 5) is 12.2. The number of carbonyl (C=O) groups is 1. The van der Waals surface area contributed by atoms with Gasteiger partial charge in [-0.15, -0.1) is 0 Å². The van der Waals surface area contributed by atoms with E-state index in [2.05, 4.69) is 37.2 Å². The molecule has 2 unspecified atom stereocenters. The van der Waals surface area contributed by atoms with Crippen molar-refractivity contribution < 1.29 is 4.79 Å². The normalized spacial score (nSPS) is 22.6. The number of alkyl halides is 1. The molecular formula is C15H18Br2ClNO. The van der Waals surface area contributed by atoms with Crippen LogP contribution >= 0.6 is 43.5 Å². The Morgan fingerprint density at radius 2 is 2.00 bits per heavy atom. The van der Waals surface area contributed by atoms with Crippen molar-refractivity contribution in [1.82, 2.24) is 5.32 Å². The Labute approximate surface area is 141 Å². The van der Waals surface area contributed by atoms with Gasteiger partial charge in [-0.1, -0.05) is 40.4 Å². The number of amides is 1. The predicted molar refractivity (Wildman–Crippen MR) is 90.7 cm³/mol. The summed E-state index contributed by atoms with van der Waals surface area (Å²) in [6.45, 7) is 0.759. The largest absolute Gasteiger partial charge is 0.352 e. The van der Waals surface area contributed by atoms with Crippen molar-refractivity contribution >= 4 is 49.4 Å². The van der Waals surface area contributed by atoms with Gasteiger partial charge in [0.25, 0.3) is 5.91 Å². The number of nitrogens with one attached hydrogen (secondary N) is 1. The van der Waals surface area contributed by atoms with E-state index in [1.807, 2.05) is 0 Å². The number of hydrogen-bond acceptors (Lipinski definition) is 1. The zero-order valence-electron chi connectivity index (χ0n) is 11.2. The molecule has 1 fully saturated rings. The number of carbonyl (C=O) groups excluding carboxylic acids is 1. The van der Waals surface area contributed by atoms with E-state index in [9.17, 15) is 4.79 Å². The predicted octanol–water partition coefficient (Wildman–Crippen LogP) is 5.03. The second-order valence-corrected chi connectivity index (χ2v) is 7.21. The molecule has 0 saturated heterocycles. The summed E-state index contributed by atoms with van der Waals surface area (Å²) >= 11 is 12.9. The van der Waals surface area contributed by atoms with Crippen LogP contribution in [0.25, 0.3) is 0 Å². The molecule has 2 rings (SSSR count). The van der Waals surface area contributed by atoms with E-state index in [4.69, 9.17) is 11.6 Å². The first kappa shape index (κ1) is 16.3. The van der Waals surface area contributed by atoms with Crippen molar-refractivity contribution in [3.8, 4) is 0 Å². The summed E-state index contributed by atoms with van der Waals surface area (Å²) in [6.07, 6.45) is 5.06. The van der Waals surface area contributed by atoms with Gasteiger partial charge >= 0.3 is 0 Å². The Hall–Kier alpha value is -0.0600. The third-order valence-corrected chi connectivity index (χ3v) is 6.02. The van der Waals surface area contributed by atoms with Crippen molar-refractivity contribution in [2.24, 2.45) is 11.8 Å². The molecule has 0 bridgehead atoms. The first-order valence-electron chi connectivity index (χ1n) is 6.91. The summed E-state index contributed by atoms with van der Waals surface area (Å²) in [7, 11) is 0. The third-order valence-electron chi connectivity index (χ3n) is 3.97. The van der Waals surface area contributed by atoms with E-state index in [1.165, 1.54) is 25.7 Å². The first-order chi connectivity index (χ1) is 9.61. The van der Waals surface area contributed by atoms with Gasteiger partial charge in [0.2, 0.25) is 0 Å². The van der Waals surface area contributed by atoms with Gasteiger partial charge in [-0.05, 0) is 58.8 Å². The first-order valence-corrected chi connectivity index (χ1v) is 9.20. The molecule has 5 heteroatoms. The van der Waals surface area contributed by atoms with Gasteiger partial charge in [-0.2, -0.15) is 0 Å². The van der Waals surface area contributed by atoms with E-state index < -0.39 is 0 Å². The second kappa shape index (κ2) is 7.81. The fourth-order valence-corrected chi connectivity index (χ4v) is 4.07. The summed E-state index contributed by atoms with van der Waals surface area (Å²) < 4.78 is 0.753. The minimum atomic E-state index is -0.0266. The lowest BCUT2D eigenvalue weighted by molar-refractivity contribution is 0.0937. The fourth-order valence-electron chi connectivity index (χ4n) is 2.72. The number of benzene rings is 1. The molecule has 1 aliphatic rings. The van der Waals surface area contributed by atoms with Crippen LogP contribution in [0.5, 0.6) is 0 Å². The van der Waals surface area contributed by atoms with Crippen molar-refractivity contribution in [3.05, 3.63) is 33.3 Å². The van der Waals surface area contributed by atoms with Crippen molar-refractivity contribution in [2.75, 3.05) is 11.9 Å². The van der Waals surface area contributed by atoms with E-state index in [-0.39, 0.29) is 5.91 Å². The molecule has 1 saturated carbocycles. The molecular weight excluding hydrogens is 405 g/mol. The molecule has 20 heavy (non-hydrogen) atoms. The van der Waals surface area contributed by atoms with Crippen molar-refractivity contribution in [3.63, 3.8) is 0 Å². The van der Waals surface area contributed by atoms with Crippen molar-refractivity contribution in [1.29, 1.82) is 0 Å². The summed E-state index contributed by atoms with van der Waals surface area (Å²) in [6, 6.07) is 5.26. The van der Waals surface area contributed by atoms with Gasteiger partial charge in [0.05, 0.1) is 5.02 Å². The average Bonchev–Trinajstić information content (AvgIpc) is 2.47. The third kappa shape index (κ3) is 4.22. The highest BCUT2D eigenvalue weighted by Crippen LogP contribution is 2.31. The van der Waals surface area contributed by atoms with Crippen LogP contribution in [-0.2, 0) is 0 Å². The van der Waals surface area contributed by atoms with Gasteiger partial charge in [0.1, 0.15) is 0 Å². The van der Waals surface area contributed by atoms with E-state index in [1.54, 1.807) is 18.2 Å². The number of halogens is 3. The Morgan fingerprint density at radius 3 is 2.65 bits per heavy atom. The quantitative estimate of drug-likeness (QED) is 0.676. The second-order valence-electron chi connectivity index (χ2n) is 5.30. The molecule has 0 heterocycles. The highest BCUT2D eigenvalue weighted by atomic mass is 79.9. The van der Waals surface area contributed by atoms with E-state index in [0.29, 0.717) is 22.4 Å². The van der Waals surface area contributed by atoms with Crippen LogP contribution in [0.15, 0.2) is 22.7 Å². The minimum Gasteiger partial charge on any atom is -0.352 e. The molecule has 1 aromatic carbocycles. The smallest absolute Gasteiger partial charge is 0.251 e. The van der Waals surface area contributed by atoms with Crippen LogP contribution in [0.2, 0.25) is 5.02 Å². The maximum absolute atomic E-state index is 12.2. The summed E-state index contributed by atoms with van der Waals surface area (Å²) in [5.41, 5.74) is 0.646. The van der Waals surface area contributed by atoms with Gasteiger partial charge in [-0.3, -0.25) is 4.79 Å². The molecule has 1 N–H and O–H groups in total. The Morgan fingerprint density at radius 1 is 1.30 bits per heavy atom. The zero-order valence-corrected chi connectivity index (χ0v) is 15.1. The highest BCUT2D eigenvalue weighted by molar-refractivity contribution is 9.10. The van der Waals surface area contributed by atoms with E-state index in [0.717, 1.165) is 16.3 Å². The lowest BCUT2D eigenvalue weighted by Crippen LogP contribution is -2.34. The number of hydrogen-bond donors (Lipinski definition) is 1. The molecule has 0 aromatic heterocycles. The van der Waals surface area contributed by atoms with Crippen LogP contribution in [-0.4, -0.2) is 17.8 Å². The molecule has 2 atom stereocenters. The zero-order chi connectivity index (χ0) is 14.5. The van der Waals surface area contributed by atoms with Crippen LogP contribution in [0.1, 0.15) is 36.0 Å². The molecule has 0 aliphatic heterocycles. The van der Waals surface area contributed by atoms with Crippen LogP contribution in [0.4, 0.5) is 0 Å². The molecule has 1 aliphatic carbocycles. The summed E-state index contributed by atoms with van der Waals surface area (Å²) in [5, 5.41) is 4.70. The molecule has 1 amide bonds. The van der Waals surface area contributed by atoms with Crippen LogP contribution in [0, 0.1) is 11.8 Å². The lowest BCUT2D eigenvalue weighted by atomic mass is 9.80.